The Kier molecular flexibility index (Phi) is 5.19. The predicted molar refractivity (Wildman–Crippen MR) is 79.1 cm³/mol. The molecule has 1 unspecified atom stereocenters. The van der Waals surface area contributed by atoms with Crippen molar-refractivity contribution < 1.29 is 9.53 Å². The van der Waals surface area contributed by atoms with Crippen LogP contribution in [-0.2, 0) is 9.53 Å². The molecule has 0 saturated carbocycles. The van der Waals surface area contributed by atoms with Gasteiger partial charge in [0.1, 0.15) is 6.10 Å². The van der Waals surface area contributed by atoms with Crippen molar-refractivity contribution in [1.82, 2.24) is 4.90 Å². The number of rotatable bonds is 5. The molecule has 19 heavy (non-hydrogen) atoms. The van der Waals surface area contributed by atoms with Crippen molar-refractivity contribution in [3.8, 4) is 0 Å². The molecule has 0 spiro atoms. The quantitative estimate of drug-likeness (QED) is 0.563. The first-order valence-electron chi connectivity index (χ1n) is 7.34. The van der Waals surface area contributed by atoms with Gasteiger partial charge in [0, 0.05) is 23.7 Å². The number of ether oxygens (including phenoxy) is 1. The van der Waals surface area contributed by atoms with Gasteiger partial charge in [-0.2, -0.15) is 0 Å². The molecule has 0 radical (unpaired) electrons. The molecule has 0 aromatic carbocycles. The minimum atomic E-state index is -0.320. The fraction of sp³-hybridized carbons (Fsp3) is 0.812. The summed E-state index contributed by atoms with van der Waals surface area (Å²) in [5, 5.41) is 0. The molecule has 0 bridgehead atoms. The molecule has 3 nitrogen and oxygen atoms in total. The number of likely N-dealkylation sites (tertiary alicyclic amines) is 1. The van der Waals surface area contributed by atoms with Crippen molar-refractivity contribution >= 4 is 5.97 Å². The van der Waals surface area contributed by atoms with Crippen LogP contribution in [0, 0.1) is 0 Å². The highest BCUT2D eigenvalue weighted by atomic mass is 16.5. The van der Waals surface area contributed by atoms with E-state index in [4.69, 9.17) is 4.74 Å². The smallest absolute Gasteiger partial charge is 0.330 e. The molecule has 1 atom stereocenters. The molecular weight excluding hydrogens is 238 g/mol. The van der Waals surface area contributed by atoms with Crippen molar-refractivity contribution in [2.24, 2.45) is 0 Å². The molecule has 0 aromatic heterocycles. The minimum absolute atomic E-state index is 0.0536. The van der Waals surface area contributed by atoms with E-state index in [0.717, 1.165) is 13.0 Å². The fourth-order valence-corrected chi connectivity index (χ4v) is 3.20. The highest BCUT2D eigenvalue weighted by molar-refractivity contribution is 5.81. The van der Waals surface area contributed by atoms with E-state index in [9.17, 15) is 4.79 Å². The summed E-state index contributed by atoms with van der Waals surface area (Å²) in [6.45, 7) is 15.5. The molecule has 0 N–H and O–H groups in total. The standard InChI is InChI=1S/C16H29NO2/c1-7-13(19-14(18)8-2)12-17-15(3,4)10-9-11-16(17,5)6/h8,13H,2,7,9-12H2,1,3-6H3. The number of hydrogen-bond donors (Lipinski definition) is 0. The van der Waals surface area contributed by atoms with E-state index in [0.29, 0.717) is 0 Å². The minimum Gasteiger partial charge on any atom is -0.458 e. The maximum Gasteiger partial charge on any atom is 0.330 e. The second-order valence-electron chi connectivity index (χ2n) is 6.76. The third-order valence-electron chi connectivity index (χ3n) is 4.33. The van der Waals surface area contributed by atoms with Gasteiger partial charge in [0.25, 0.3) is 0 Å². The van der Waals surface area contributed by atoms with Gasteiger partial charge < -0.3 is 4.74 Å². The molecule has 0 aromatic rings. The SMILES string of the molecule is C=CC(=O)OC(CC)CN1C(C)(C)CCCC1(C)C. The van der Waals surface area contributed by atoms with Gasteiger partial charge in [-0.05, 0) is 53.4 Å². The molecule has 0 aliphatic carbocycles. The topological polar surface area (TPSA) is 29.5 Å². The lowest BCUT2D eigenvalue weighted by atomic mass is 9.79. The molecule has 1 aliphatic rings. The molecule has 3 heteroatoms. The largest absolute Gasteiger partial charge is 0.458 e. The summed E-state index contributed by atoms with van der Waals surface area (Å²) < 4.78 is 5.44. The Morgan fingerprint density at radius 2 is 1.84 bits per heavy atom. The van der Waals surface area contributed by atoms with Crippen LogP contribution < -0.4 is 0 Å². The van der Waals surface area contributed by atoms with E-state index in [2.05, 4.69) is 46.1 Å². The summed E-state index contributed by atoms with van der Waals surface area (Å²) in [5.41, 5.74) is 0.325. The molecular formula is C16H29NO2. The van der Waals surface area contributed by atoms with E-state index in [-0.39, 0.29) is 23.2 Å². The van der Waals surface area contributed by atoms with Crippen LogP contribution in [0.15, 0.2) is 12.7 Å². The average Bonchev–Trinajstić information content (AvgIpc) is 2.31. The zero-order valence-electron chi connectivity index (χ0n) is 13.2. The number of esters is 1. The lowest BCUT2D eigenvalue weighted by Gasteiger charge is -2.53. The summed E-state index contributed by atoms with van der Waals surface area (Å²) in [6.07, 6.45) is 5.68. The number of carbonyl (C=O) groups excluding carboxylic acids is 1. The van der Waals surface area contributed by atoms with Crippen molar-refractivity contribution in [2.45, 2.75) is 77.5 Å². The van der Waals surface area contributed by atoms with E-state index in [1.807, 2.05) is 0 Å². The third-order valence-corrected chi connectivity index (χ3v) is 4.33. The normalized spacial score (nSPS) is 23.6. The summed E-state index contributed by atoms with van der Waals surface area (Å²) in [4.78, 5) is 13.9. The van der Waals surface area contributed by atoms with E-state index < -0.39 is 0 Å². The van der Waals surface area contributed by atoms with Crippen LogP contribution in [0.2, 0.25) is 0 Å². The second kappa shape index (κ2) is 6.08. The van der Waals surface area contributed by atoms with Gasteiger partial charge in [0.05, 0.1) is 0 Å². The van der Waals surface area contributed by atoms with Crippen molar-refractivity contribution in [3.05, 3.63) is 12.7 Å². The molecule has 0 amide bonds. The van der Waals surface area contributed by atoms with E-state index >= 15 is 0 Å². The van der Waals surface area contributed by atoms with Crippen LogP contribution in [0.4, 0.5) is 0 Å². The Hall–Kier alpha value is -0.830. The Morgan fingerprint density at radius 1 is 1.32 bits per heavy atom. The first kappa shape index (κ1) is 16.2. The molecule has 1 fully saturated rings. The lowest BCUT2D eigenvalue weighted by molar-refractivity contribution is -0.147. The summed E-state index contributed by atoms with van der Waals surface area (Å²) in [6, 6.07) is 0. The summed E-state index contributed by atoms with van der Waals surface area (Å²) in [7, 11) is 0. The van der Waals surface area contributed by atoms with E-state index in [1.165, 1.54) is 25.3 Å². The molecule has 1 saturated heterocycles. The van der Waals surface area contributed by atoms with Crippen LogP contribution in [-0.4, -0.2) is 34.6 Å². The zero-order valence-corrected chi connectivity index (χ0v) is 13.2. The Labute approximate surface area is 118 Å². The zero-order chi connectivity index (χ0) is 14.7. The van der Waals surface area contributed by atoms with Gasteiger partial charge in [-0.1, -0.05) is 13.5 Å². The van der Waals surface area contributed by atoms with Crippen LogP contribution in [0.1, 0.15) is 60.3 Å². The van der Waals surface area contributed by atoms with Crippen molar-refractivity contribution in [3.63, 3.8) is 0 Å². The van der Waals surface area contributed by atoms with Crippen LogP contribution in [0.25, 0.3) is 0 Å². The number of hydrogen-bond acceptors (Lipinski definition) is 3. The first-order chi connectivity index (χ1) is 8.73. The molecule has 1 aliphatic heterocycles. The van der Waals surface area contributed by atoms with Gasteiger partial charge in [-0.3, -0.25) is 4.90 Å². The van der Waals surface area contributed by atoms with Gasteiger partial charge in [-0.25, -0.2) is 4.79 Å². The van der Waals surface area contributed by atoms with Gasteiger partial charge >= 0.3 is 5.97 Å². The second-order valence-corrected chi connectivity index (χ2v) is 6.76. The fourth-order valence-electron chi connectivity index (χ4n) is 3.20. The first-order valence-corrected chi connectivity index (χ1v) is 7.34. The Morgan fingerprint density at radius 3 is 2.26 bits per heavy atom. The number of nitrogens with zero attached hydrogens (tertiary/aromatic N) is 1. The lowest BCUT2D eigenvalue weighted by Crippen LogP contribution is -2.60. The van der Waals surface area contributed by atoms with Gasteiger partial charge in [-0.15, -0.1) is 0 Å². The third kappa shape index (κ3) is 4.07. The van der Waals surface area contributed by atoms with Crippen LogP contribution >= 0.6 is 0 Å². The predicted octanol–water partition coefficient (Wildman–Crippen LogP) is 3.54. The van der Waals surface area contributed by atoms with Crippen LogP contribution in [0.5, 0.6) is 0 Å². The van der Waals surface area contributed by atoms with Crippen molar-refractivity contribution in [1.29, 1.82) is 0 Å². The average molecular weight is 267 g/mol. The number of piperidine rings is 1. The maximum absolute atomic E-state index is 11.4. The Bertz CT molecular complexity index is 318. The van der Waals surface area contributed by atoms with Crippen molar-refractivity contribution in [2.75, 3.05) is 6.54 Å². The highest BCUT2D eigenvalue weighted by Crippen LogP contribution is 2.38. The molecule has 1 rings (SSSR count). The monoisotopic (exact) mass is 267 g/mol. The van der Waals surface area contributed by atoms with E-state index in [1.54, 1.807) is 0 Å². The molecule has 110 valence electrons. The Balaban J connectivity index is 2.79. The highest BCUT2D eigenvalue weighted by Gasteiger charge is 2.42. The number of carbonyl (C=O) groups is 1. The molecule has 1 heterocycles. The van der Waals surface area contributed by atoms with Gasteiger partial charge in [0.2, 0.25) is 0 Å². The summed E-state index contributed by atoms with van der Waals surface area (Å²) >= 11 is 0. The maximum atomic E-state index is 11.4. The summed E-state index contributed by atoms with van der Waals surface area (Å²) in [5.74, 6) is -0.320. The van der Waals surface area contributed by atoms with Crippen LogP contribution in [0.3, 0.4) is 0 Å². The van der Waals surface area contributed by atoms with Gasteiger partial charge in [0.15, 0.2) is 0 Å².